The Morgan fingerprint density at radius 1 is 1.40 bits per heavy atom. The SMILES string of the molecule is CNc1cc([N+](=O)[O-])cc(SCc2ccccc2Cl)n1. The second kappa shape index (κ2) is 6.58. The second-order valence-corrected chi connectivity index (χ2v) is 5.34. The molecule has 0 fully saturated rings. The molecule has 0 unspecified atom stereocenters. The third kappa shape index (κ3) is 3.61. The number of nitrogens with zero attached hydrogens (tertiary/aromatic N) is 2. The number of benzene rings is 1. The van der Waals surface area contributed by atoms with Gasteiger partial charge >= 0.3 is 0 Å². The first-order valence-corrected chi connectivity index (χ1v) is 7.17. The zero-order valence-electron chi connectivity index (χ0n) is 10.7. The molecule has 5 nitrogen and oxygen atoms in total. The number of nitro groups is 1. The van der Waals surface area contributed by atoms with Gasteiger partial charge in [-0.1, -0.05) is 29.8 Å². The summed E-state index contributed by atoms with van der Waals surface area (Å²) in [5.41, 5.74) is 0.990. The highest BCUT2D eigenvalue weighted by atomic mass is 35.5. The molecule has 0 aliphatic carbocycles. The highest BCUT2D eigenvalue weighted by Crippen LogP contribution is 2.29. The number of aromatic nitrogens is 1. The van der Waals surface area contributed by atoms with E-state index in [9.17, 15) is 10.1 Å². The molecule has 1 aromatic heterocycles. The van der Waals surface area contributed by atoms with Crippen molar-refractivity contribution in [3.05, 3.63) is 57.1 Å². The normalized spacial score (nSPS) is 10.3. The average molecular weight is 310 g/mol. The van der Waals surface area contributed by atoms with Crippen molar-refractivity contribution in [2.75, 3.05) is 12.4 Å². The maximum absolute atomic E-state index is 10.9. The van der Waals surface area contributed by atoms with E-state index in [0.717, 1.165) is 5.56 Å². The quantitative estimate of drug-likeness (QED) is 0.514. The Balaban J connectivity index is 2.19. The van der Waals surface area contributed by atoms with Crippen molar-refractivity contribution >= 4 is 34.9 Å². The minimum absolute atomic E-state index is 0.0195. The molecular weight excluding hydrogens is 298 g/mol. The van der Waals surface area contributed by atoms with Crippen molar-refractivity contribution in [1.29, 1.82) is 0 Å². The van der Waals surface area contributed by atoms with Crippen molar-refractivity contribution < 1.29 is 4.92 Å². The zero-order chi connectivity index (χ0) is 14.5. The number of thioether (sulfide) groups is 1. The molecule has 1 N–H and O–H groups in total. The van der Waals surface area contributed by atoms with E-state index < -0.39 is 4.92 Å². The van der Waals surface area contributed by atoms with Crippen LogP contribution < -0.4 is 5.32 Å². The van der Waals surface area contributed by atoms with Crippen LogP contribution in [-0.2, 0) is 5.75 Å². The zero-order valence-corrected chi connectivity index (χ0v) is 12.2. The van der Waals surface area contributed by atoms with Gasteiger partial charge in [0.25, 0.3) is 5.69 Å². The largest absolute Gasteiger partial charge is 0.373 e. The summed E-state index contributed by atoms with van der Waals surface area (Å²) in [6.45, 7) is 0. The van der Waals surface area contributed by atoms with Crippen molar-refractivity contribution in [2.24, 2.45) is 0 Å². The van der Waals surface area contributed by atoms with E-state index in [1.54, 1.807) is 7.05 Å². The van der Waals surface area contributed by atoms with Crippen molar-refractivity contribution in [3.8, 4) is 0 Å². The van der Waals surface area contributed by atoms with Gasteiger partial charge in [-0.15, -0.1) is 11.8 Å². The number of anilines is 1. The molecule has 0 saturated heterocycles. The van der Waals surface area contributed by atoms with Crippen LogP contribution >= 0.6 is 23.4 Å². The number of hydrogen-bond donors (Lipinski definition) is 1. The summed E-state index contributed by atoms with van der Waals surface area (Å²) >= 11 is 7.49. The Labute approximate surface area is 125 Å². The van der Waals surface area contributed by atoms with Gasteiger partial charge in [0.05, 0.1) is 11.0 Å². The van der Waals surface area contributed by atoms with Gasteiger partial charge in [-0.3, -0.25) is 10.1 Å². The lowest BCUT2D eigenvalue weighted by atomic mass is 10.2. The first-order valence-electron chi connectivity index (χ1n) is 5.80. The number of pyridine rings is 1. The molecule has 0 saturated carbocycles. The molecular formula is C13H12ClN3O2S. The van der Waals surface area contributed by atoms with Crippen molar-refractivity contribution in [2.45, 2.75) is 10.8 Å². The van der Waals surface area contributed by atoms with Gasteiger partial charge in [-0.25, -0.2) is 4.98 Å². The summed E-state index contributed by atoms with van der Waals surface area (Å²) in [5, 5.41) is 15.0. The smallest absolute Gasteiger partial charge is 0.275 e. The van der Waals surface area contributed by atoms with Crippen LogP contribution in [0.15, 0.2) is 41.4 Å². The van der Waals surface area contributed by atoms with Crippen LogP contribution in [0.5, 0.6) is 0 Å². The third-order valence-electron chi connectivity index (χ3n) is 2.59. The van der Waals surface area contributed by atoms with Crippen molar-refractivity contribution in [3.63, 3.8) is 0 Å². The first-order chi connectivity index (χ1) is 9.60. The van der Waals surface area contributed by atoms with Crippen LogP contribution in [0.2, 0.25) is 5.02 Å². The lowest BCUT2D eigenvalue weighted by molar-refractivity contribution is -0.385. The summed E-state index contributed by atoms with van der Waals surface area (Å²) < 4.78 is 0. The molecule has 2 rings (SSSR count). The molecule has 0 spiro atoms. The van der Waals surface area contributed by atoms with E-state index in [1.807, 2.05) is 24.3 Å². The Hall–Kier alpha value is -1.79. The molecule has 1 heterocycles. The lowest BCUT2D eigenvalue weighted by Crippen LogP contribution is -1.97. The Kier molecular flexibility index (Phi) is 4.81. The summed E-state index contributed by atoms with van der Waals surface area (Å²) in [6.07, 6.45) is 0. The molecule has 1 aromatic carbocycles. The van der Waals surface area contributed by atoms with Crippen LogP contribution in [0.25, 0.3) is 0 Å². The molecule has 0 aliphatic heterocycles. The Morgan fingerprint density at radius 3 is 2.80 bits per heavy atom. The fraction of sp³-hybridized carbons (Fsp3) is 0.154. The van der Waals surface area contributed by atoms with Gasteiger partial charge in [0.15, 0.2) is 0 Å². The van der Waals surface area contributed by atoms with Crippen LogP contribution in [0.3, 0.4) is 0 Å². The van der Waals surface area contributed by atoms with E-state index in [0.29, 0.717) is 21.6 Å². The fourth-order valence-electron chi connectivity index (χ4n) is 1.57. The summed E-state index contributed by atoms with van der Waals surface area (Å²) in [5.74, 6) is 1.08. The number of hydrogen-bond acceptors (Lipinski definition) is 5. The maximum atomic E-state index is 10.9. The van der Waals surface area contributed by atoms with Gasteiger partial charge in [0.1, 0.15) is 10.8 Å². The van der Waals surface area contributed by atoms with E-state index in [2.05, 4.69) is 10.3 Å². The van der Waals surface area contributed by atoms with Gasteiger partial charge in [-0.05, 0) is 11.6 Å². The topological polar surface area (TPSA) is 68.1 Å². The summed E-state index contributed by atoms with van der Waals surface area (Å²) in [4.78, 5) is 14.7. The number of nitrogens with one attached hydrogen (secondary N) is 1. The Bertz CT molecular complexity index is 637. The molecule has 0 bridgehead atoms. The summed E-state index contributed by atoms with van der Waals surface area (Å²) in [6, 6.07) is 10.4. The first kappa shape index (κ1) is 14.6. The molecule has 0 atom stereocenters. The third-order valence-corrected chi connectivity index (χ3v) is 3.92. The minimum Gasteiger partial charge on any atom is -0.373 e. The van der Waals surface area contributed by atoms with E-state index in [1.165, 1.54) is 23.9 Å². The fourth-order valence-corrected chi connectivity index (χ4v) is 2.77. The minimum atomic E-state index is -0.428. The molecule has 7 heteroatoms. The van der Waals surface area contributed by atoms with E-state index in [4.69, 9.17) is 11.6 Å². The molecule has 20 heavy (non-hydrogen) atoms. The average Bonchev–Trinajstić information content (AvgIpc) is 2.46. The van der Waals surface area contributed by atoms with Gasteiger partial charge < -0.3 is 5.32 Å². The molecule has 2 aromatic rings. The lowest BCUT2D eigenvalue weighted by Gasteiger charge is -2.06. The maximum Gasteiger partial charge on any atom is 0.275 e. The molecule has 0 amide bonds. The van der Waals surface area contributed by atoms with E-state index >= 15 is 0 Å². The number of rotatable bonds is 5. The summed E-state index contributed by atoms with van der Waals surface area (Å²) in [7, 11) is 1.68. The highest BCUT2D eigenvalue weighted by molar-refractivity contribution is 7.98. The van der Waals surface area contributed by atoms with Gasteiger partial charge in [-0.2, -0.15) is 0 Å². The van der Waals surface area contributed by atoms with Crippen LogP contribution in [0.4, 0.5) is 11.5 Å². The van der Waals surface area contributed by atoms with E-state index in [-0.39, 0.29) is 5.69 Å². The molecule has 0 radical (unpaired) electrons. The van der Waals surface area contributed by atoms with Crippen LogP contribution in [-0.4, -0.2) is 17.0 Å². The Morgan fingerprint density at radius 2 is 2.15 bits per heavy atom. The highest BCUT2D eigenvalue weighted by Gasteiger charge is 2.11. The van der Waals surface area contributed by atoms with Crippen molar-refractivity contribution in [1.82, 2.24) is 4.98 Å². The standard InChI is InChI=1S/C13H12ClN3O2S/c1-15-12-6-10(17(18)19)7-13(16-12)20-8-9-4-2-3-5-11(9)14/h2-7H,8H2,1H3,(H,15,16). The second-order valence-electron chi connectivity index (χ2n) is 3.94. The molecule has 104 valence electrons. The monoisotopic (exact) mass is 309 g/mol. The van der Waals surface area contributed by atoms with Crippen LogP contribution in [0, 0.1) is 10.1 Å². The van der Waals surface area contributed by atoms with Gasteiger partial charge in [0.2, 0.25) is 0 Å². The van der Waals surface area contributed by atoms with Crippen LogP contribution in [0.1, 0.15) is 5.56 Å². The van der Waals surface area contributed by atoms with Gasteiger partial charge in [0, 0.05) is 23.9 Å². The number of halogens is 1. The predicted octanol–water partition coefficient (Wildman–Crippen LogP) is 3.98. The molecule has 0 aliphatic rings. The predicted molar refractivity (Wildman–Crippen MR) is 81.5 cm³/mol.